The molecule has 0 amide bonds. The molecule has 4 aromatic rings. The first-order chi connectivity index (χ1) is 22.3. The number of hydrogen-bond acceptors (Lipinski definition) is 9. The zero-order valence-corrected chi connectivity index (χ0v) is 27.5. The number of aromatic nitrogens is 1. The van der Waals surface area contributed by atoms with Crippen LogP contribution in [-0.4, -0.2) is 44.6 Å². The number of para-hydroxylation sites is 1. The molecule has 0 N–H and O–H groups in total. The second kappa shape index (κ2) is 15.1. The van der Waals surface area contributed by atoms with Crippen molar-refractivity contribution >= 4 is 23.4 Å². The molecule has 9 nitrogen and oxygen atoms in total. The summed E-state index contributed by atoms with van der Waals surface area (Å²) in [6.07, 6.45) is 2.60. The lowest BCUT2D eigenvalue weighted by atomic mass is 9.95. The normalized spacial score (nSPS) is 14.5. The smallest absolute Gasteiger partial charge is 0.338 e. The minimum atomic E-state index is -0.798. The number of ether oxygens (including phenoxy) is 5. The van der Waals surface area contributed by atoms with E-state index in [0.29, 0.717) is 51.1 Å². The molecule has 0 aliphatic carbocycles. The minimum Gasteiger partial charge on any atom is -0.493 e. The molecule has 0 saturated heterocycles. The van der Waals surface area contributed by atoms with Gasteiger partial charge in [0.15, 0.2) is 16.3 Å². The summed E-state index contributed by atoms with van der Waals surface area (Å²) in [6, 6.07) is 20.3. The van der Waals surface area contributed by atoms with Crippen molar-refractivity contribution in [2.75, 3.05) is 34.0 Å². The number of nitrogens with zero attached hydrogens (tertiary/aromatic N) is 2. The molecule has 10 heteroatoms. The number of allylic oxidation sites excluding steroid dienone is 1. The van der Waals surface area contributed by atoms with Crippen molar-refractivity contribution < 1.29 is 28.5 Å². The summed E-state index contributed by atoms with van der Waals surface area (Å²) in [5.41, 5.74) is 4.11. The van der Waals surface area contributed by atoms with E-state index in [-0.39, 0.29) is 24.3 Å². The van der Waals surface area contributed by atoms with Crippen molar-refractivity contribution in [1.82, 2.24) is 4.57 Å². The maximum atomic E-state index is 14.2. The van der Waals surface area contributed by atoms with E-state index in [1.807, 2.05) is 74.5 Å². The third kappa shape index (κ3) is 7.24. The van der Waals surface area contributed by atoms with Gasteiger partial charge in [-0.1, -0.05) is 72.4 Å². The van der Waals surface area contributed by atoms with Crippen LogP contribution in [0.25, 0.3) is 6.08 Å². The van der Waals surface area contributed by atoms with Crippen LogP contribution in [0.15, 0.2) is 87.8 Å². The predicted octanol–water partition coefficient (Wildman–Crippen LogP) is 5.11. The topological polar surface area (TPSA) is 97.6 Å². The second-order valence-corrected chi connectivity index (χ2v) is 11.8. The third-order valence-corrected chi connectivity index (χ3v) is 8.38. The summed E-state index contributed by atoms with van der Waals surface area (Å²) in [5.74, 6) is 1.17. The van der Waals surface area contributed by atoms with Crippen molar-refractivity contribution in [3.63, 3.8) is 0 Å². The van der Waals surface area contributed by atoms with Gasteiger partial charge in [0.2, 0.25) is 0 Å². The van der Waals surface area contributed by atoms with Crippen LogP contribution in [0.3, 0.4) is 0 Å². The molecule has 46 heavy (non-hydrogen) atoms. The number of fused-ring (bicyclic) bond motifs is 1. The van der Waals surface area contributed by atoms with E-state index >= 15 is 0 Å². The van der Waals surface area contributed by atoms with Gasteiger partial charge < -0.3 is 23.7 Å². The van der Waals surface area contributed by atoms with Gasteiger partial charge in [0.05, 0.1) is 36.1 Å². The molecule has 0 spiro atoms. The number of benzene rings is 3. The van der Waals surface area contributed by atoms with Crippen LogP contribution in [-0.2, 0) is 20.9 Å². The average Bonchev–Trinajstić information content (AvgIpc) is 3.36. The number of methoxy groups -OCH3 is 2. The summed E-state index contributed by atoms with van der Waals surface area (Å²) in [7, 11) is 3.12. The van der Waals surface area contributed by atoms with Crippen molar-refractivity contribution in [3.05, 3.63) is 120 Å². The van der Waals surface area contributed by atoms with E-state index in [4.69, 9.17) is 28.7 Å². The number of hydrogen-bond donors (Lipinski definition) is 0. The Morgan fingerprint density at radius 1 is 0.935 bits per heavy atom. The van der Waals surface area contributed by atoms with Crippen molar-refractivity contribution in [2.24, 2.45) is 4.99 Å². The Bertz CT molecular complexity index is 1920. The highest BCUT2D eigenvalue weighted by Gasteiger charge is 2.35. The highest BCUT2D eigenvalue weighted by molar-refractivity contribution is 7.07. The van der Waals surface area contributed by atoms with Crippen molar-refractivity contribution in [3.8, 4) is 17.2 Å². The van der Waals surface area contributed by atoms with Gasteiger partial charge in [-0.3, -0.25) is 9.36 Å². The Labute approximate surface area is 272 Å². The number of carbonyl (C=O) groups is 1. The Hall–Kier alpha value is -4.67. The SMILES string of the molecule is CCCOc1ccccc1[C@H]1C(C(=O)OCCOC)=C(C)N=c2s/c(=C/c3ccc(OCc4cccc(C)c4)c(OC)c3)c(=O)n21. The lowest BCUT2D eigenvalue weighted by Crippen LogP contribution is -2.40. The summed E-state index contributed by atoms with van der Waals surface area (Å²) < 4.78 is 30.4. The summed E-state index contributed by atoms with van der Waals surface area (Å²) in [4.78, 5) is 32.8. The van der Waals surface area contributed by atoms with Gasteiger partial charge in [-0.25, -0.2) is 9.79 Å². The largest absolute Gasteiger partial charge is 0.493 e. The lowest BCUT2D eigenvalue weighted by molar-refractivity contribution is -0.140. The van der Waals surface area contributed by atoms with Gasteiger partial charge in [0, 0.05) is 12.7 Å². The molecule has 0 fully saturated rings. The van der Waals surface area contributed by atoms with Gasteiger partial charge in [0.1, 0.15) is 25.0 Å². The zero-order valence-electron chi connectivity index (χ0n) is 26.7. The van der Waals surface area contributed by atoms with Crippen LogP contribution in [0.4, 0.5) is 0 Å². The van der Waals surface area contributed by atoms with Crippen LogP contribution in [0.2, 0.25) is 0 Å². The first-order valence-corrected chi connectivity index (χ1v) is 15.9. The molecule has 0 unspecified atom stereocenters. The predicted molar refractivity (Wildman–Crippen MR) is 177 cm³/mol. The molecular weight excluding hydrogens is 604 g/mol. The average molecular weight is 643 g/mol. The zero-order chi connectivity index (χ0) is 32.6. The minimum absolute atomic E-state index is 0.0732. The Kier molecular flexibility index (Phi) is 10.7. The quantitative estimate of drug-likeness (QED) is 0.148. The standard InChI is InChI=1S/C36H38N2O7S/c1-6-16-43-28-13-8-7-12-27(28)33-32(35(40)44-18-17-41-4)24(3)37-36-38(33)34(39)31(46-36)21-25-14-15-29(30(20-25)42-5)45-22-26-11-9-10-23(2)19-26/h7-15,19-21,33H,6,16-18,22H2,1-5H3/b31-21+/t33-/m0/s1. The van der Waals surface area contributed by atoms with E-state index in [1.54, 1.807) is 24.7 Å². The molecule has 1 aliphatic heterocycles. The van der Waals surface area contributed by atoms with Crippen LogP contribution in [0.5, 0.6) is 17.2 Å². The molecule has 240 valence electrons. The Morgan fingerprint density at radius 3 is 2.52 bits per heavy atom. The number of aryl methyl sites for hydroxylation is 1. The maximum absolute atomic E-state index is 14.2. The van der Waals surface area contributed by atoms with Gasteiger partial charge in [0.25, 0.3) is 5.56 Å². The molecule has 0 radical (unpaired) electrons. The van der Waals surface area contributed by atoms with E-state index in [0.717, 1.165) is 23.1 Å². The van der Waals surface area contributed by atoms with Crippen molar-refractivity contribution in [2.45, 2.75) is 39.8 Å². The summed E-state index contributed by atoms with van der Waals surface area (Å²) >= 11 is 1.25. The van der Waals surface area contributed by atoms with E-state index in [1.165, 1.54) is 18.4 Å². The monoisotopic (exact) mass is 642 g/mol. The fraction of sp³-hybridized carbons (Fsp3) is 0.306. The lowest BCUT2D eigenvalue weighted by Gasteiger charge is -2.26. The highest BCUT2D eigenvalue weighted by atomic mass is 32.1. The molecule has 1 atom stereocenters. The third-order valence-electron chi connectivity index (χ3n) is 7.40. The fourth-order valence-corrected chi connectivity index (χ4v) is 6.28. The molecule has 2 heterocycles. The molecule has 3 aromatic carbocycles. The van der Waals surface area contributed by atoms with Crippen LogP contribution in [0.1, 0.15) is 48.6 Å². The van der Waals surface area contributed by atoms with E-state index in [9.17, 15) is 9.59 Å². The molecule has 1 aliphatic rings. The first-order valence-electron chi connectivity index (χ1n) is 15.1. The van der Waals surface area contributed by atoms with Crippen molar-refractivity contribution in [1.29, 1.82) is 0 Å². The van der Waals surface area contributed by atoms with E-state index in [2.05, 4.69) is 6.07 Å². The first kappa shape index (κ1) is 32.7. The number of esters is 1. The van der Waals surface area contributed by atoms with Crippen LogP contribution < -0.4 is 29.1 Å². The number of carbonyl (C=O) groups excluding carboxylic acids is 1. The summed E-state index contributed by atoms with van der Waals surface area (Å²) in [5, 5.41) is 0. The Morgan fingerprint density at radius 2 is 1.76 bits per heavy atom. The van der Waals surface area contributed by atoms with Gasteiger partial charge in [-0.05, 0) is 55.7 Å². The van der Waals surface area contributed by atoms with E-state index < -0.39 is 12.0 Å². The van der Waals surface area contributed by atoms with Crippen LogP contribution in [0, 0.1) is 6.92 Å². The van der Waals surface area contributed by atoms with Gasteiger partial charge >= 0.3 is 5.97 Å². The second-order valence-electron chi connectivity index (χ2n) is 10.8. The molecular formula is C36H38N2O7S. The fourth-order valence-electron chi connectivity index (χ4n) is 5.23. The highest BCUT2D eigenvalue weighted by Crippen LogP contribution is 2.36. The molecule has 1 aromatic heterocycles. The van der Waals surface area contributed by atoms with Gasteiger partial charge in [-0.2, -0.15) is 0 Å². The molecule has 5 rings (SSSR count). The molecule has 0 saturated carbocycles. The number of thiazole rings is 1. The maximum Gasteiger partial charge on any atom is 0.338 e. The number of rotatable bonds is 13. The van der Waals surface area contributed by atoms with Gasteiger partial charge in [-0.15, -0.1) is 0 Å². The Balaban J connectivity index is 1.55. The summed E-state index contributed by atoms with van der Waals surface area (Å²) in [6.45, 7) is 7.03. The van der Waals surface area contributed by atoms with Crippen LogP contribution >= 0.6 is 11.3 Å². The molecule has 0 bridgehead atoms.